The van der Waals surface area contributed by atoms with Gasteiger partial charge in [0.2, 0.25) is 0 Å². The molecule has 1 aromatic heterocycles. The van der Waals surface area contributed by atoms with E-state index in [0.717, 1.165) is 41.2 Å². The van der Waals surface area contributed by atoms with Crippen molar-refractivity contribution in [3.05, 3.63) is 120 Å². The summed E-state index contributed by atoms with van der Waals surface area (Å²) in [5.74, 6) is 1.01. The van der Waals surface area contributed by atoms with Crippen LogP contribution in [0.3, 0.4) is 0 Å². The molecule has 0 bridgehead atoms. The van der Waals surface area contributed by atoms with Crippen molar-refractivity contribution >= 4 is 38.4 Å². The van der Waals surface area contributed by atoms with E-state index in [9.17, 15) is 0 Å². The third kappa shape index (κ3) is 3.87. The largest absolute Gasteiger partial charge is 0.232 e. The maximum absolute atomic E-state index is 5.13. The van der Waals surface area contributed by atoms with Crippen LogP contribution in [0.5, 0.6) is 0 Å². The van der Waals surface area contributed by atoms with Crippen molar-refractivity contribution in [2.75, 3.05) is 0 Å². The van der Waals surface area contributed by atoms with Gasteiger partial charge < -0.3 is 0 Å². The number of hydrogen-bond acceptors (Lipinski definition) is 2. The van der Waals surface area contributed by atoms with Crippen LogP contribution in [0.25, 0.3) is 33.7 Å². The Hall–Kier alpha value is -3.30. The lowest BCUT2D eigenvalue weighted by Gasteiger charge is -2.23. The van der Waals surface area contributed by atoms with E-state index in [4.69, 9.17) is 9.97 Å². The number of fused-ring (bicyclic) bond motifs is 2. The molecule has 1 heterocycles. The van der Waals surface area contributed by atoms with Gasteiger partial charge in [0.05, 0.1) is 11.4 Å². The molecule has 0 fully saturated rings. The Bertz CT molecular complexity index is 1440. The highest BCUT2D eigenvalue weighted by molar-refractivity contribution is 9.09. The predicted octanol–water partition coefficient (Wildman–Crippen LogP) is 7.95. The first-order valence-electron chi connectivity index (χ1n) is 11.4. The highest BCUT2D eigenvalue weighted by Gasteiger charge is 2.23. The van der Waals surface area contributed by atoms with Crippen LogP contribution in [0.4, 0.5) is 0 Å². The van der Waals surface area contributed by atoms with Crippen LogP contribution in [0.2, 0.25) is 0 Å². The number of halogens is 1. The van der Waals surface area contributed by atoms with Gasteiger partial charge in [-0.25, -0.2) is 9.97 Å². The van der Waals surface area contributed by atoms with Crippen molar-refractivity contribution in [1.82, 2.24) is 9.97 Å². The average molecular weight is 491 g/mol. The molecule has 0 saturated heterocycles. The quantitative estimate of drug-likeness (QED) is 0.272. The van der Waals surface area contributed by atoms with E-state index in [1.54, 1.807) is 0 Å². The summed E-state index contributed by atoms with van der Waals surface area (Å²) in [7, 11) is 0. The van der Waals surface area contributed by atoms with Gasteiger partial charge in [-0.1, -0.05) is 113 Å². The van der Waals surface area contributed by atoms with Gasteiger partial charge in [-0.3, -0.25) is 0 Å². The van der Waals surface area contributed by atoms with E-state index >= 15 is 0 Å². The fourth-order valence-electron chi connectivity index (χ4n) is 4.87. The number of nitrogens with zero attached hydrogens (tertiary/aromatic N) is 2. The van der Waals surface area contributed by atoms with Crippen LogP contribution in [-0.2, 0) is 0 Å². The Labute approximate surface area is 202 Å². The number of aromatic nitrogens is 2. The van der Waals surface area contributed by atoms with Gasteiger partial charge in [-0.2, -0.15) is 0 Å². The van der Waals surface area contributed by atoms with Crippen LogP contribution >= 0.6 is 15.9 Å². The van der Waals surface area contributed by atoms with E-state index in [1.807, 2.05) is 0 Å². The van der Waals surface area contributed by atoms with Gasteiger partial charge in [-0.15, -0.1) is 0 Å². The van der Waals surface area contributed by atoms with E-state index in [2.05, 4.69) is 119 Å². The van der Waals surface area contributed by atoms with Gasteiger partial charge in [0.15, 0.2) is 5.82 Å². The number of hydrogen-bond donors (Lipinski definition) is 0. The lowest BCUT2D eigenvalue weighted by atomic mass is 9.84. The average Bonchev–Trinajstić information content (AvgIpc) is 2.88. The minimum absolute atomic E-state index is 0.217. The molecule has 0 aliphatic heterocycles. The van der Waals surface area contributed by atoms with Crippen molar-refractivity contribution in [2.45, 2.75) is 23.6 Å². The topological polar surface area (TPSA) is 25.8 Å². The van der Waals surface area contributed by atoms with Crippen molar-refractivity contribution in [2.24, 2.45) is 0 Å². The molecular weight excluding hydrogens is 468 g/mol. The molecule has 33 heavy (non-hydrogen) atoms. The molecule has 4 aromatic rings. The molecular formula is C30H23BrN2. The Morgan fingerprint density at radius 1 is 0.788 bits per heavy atom. The normalized spacial score (nSPS) is 19.4. The van der Waals surface area contributed by atoms with E-state index in [0.29, 0.717) is 4.83 Å². The minimum Gasteiger partial charge on any atom is -0.232 e. The molecule has 0 amide bonds. The van der Waals surface area contributed by atoms with Crippen LogP contribution in [0.1, 0.15) is 41.4 Å². The van der Waals surface area contributed by atoms with Gasteiger partial charge in [0.25, 0.3) is 0 Å². The smallest absolute Gasteiger partial charge is 0.159 e. The molecule has 3 aromatic carbocycles. The fraction of sp³-hybridized carbons (Fsp3) is 0.133. The lowest BCUT2D eigenvalue weighted by molar-refractivity contribution is 0.777. The van der Waals surface area contributed by atoms with Crippen LogP contribution in [0.15, 0.2) is 97.1 Å². The predicted molar refractivity (Wildman–Crippen MR) is 141 cm³/mol. The summed E-state index contributed by atoms with van der Waals surface area (Å²) in [6.45, 7) is 0. The number of allylic oxidation sites excluding steroid dienone is 5. The molecule has 0 radical (unpaired) electrons. The first-order valence-corrected chi connectivity index (χ1v) is 12.3. The molecule has 0 saturated carbocycles. The zero-order chi connectivity index (χ0) is 22.2. The molecule has 160 valence electrons. The summed E-state index contributed by atoms with van der Waals surface area (Å²) < 4.78 is 0. The monoisotopic (exact) mass is 490 g/mol. The first-order chi connectivity index (χ1) is 16.3. The van der Waals surface area contributed by atoms with Gasteiger partial charge in [0.1, 0.15) is 0 Å². The summed E-state index contributed by atoms with van der Waals surface area (Å²) in [6.07, 6.45) is 13.0. The highest BCUT2D eigenvalue weighted by atomic mass is 79.9. The minimum atomic E-state index is 0.217. The SMILES string of the molecule is BrC1C=C(c2nc(-c3cccc4ccccc34)cc(C3CC=Cc4ccccc43)n2)C=CC1. The van der Waals surface area contributed by atoms with Crippen LogP contribution < -0.4 is 0 Å². The van der Waals surface area contributed by atoms with Crippen molar-refractivity contribution in [3.63, 3.8) is 0 Å². The molecule has 2 aliphatic rings. The summed E-state index contributed by atoms with van der Waals surface area (Å²) in [5, 5.41) is 2.44. The van der Waals surface area contributed by atoms with Crippen LogP contribution in [-0.4, -0.2) is 14.8 Å². The third-order valence-electron chi connectivity index (χ3n) is 6.49. The van der Waals surface area contributed by atoms with E-state index in [-0.39, 0.29) is 5.92 Å². The second kappa shape index (κ2) is 8.57. The standard InChI is InChI=1S/C30H23BrN2/c31-23-13-5-12-22(18-23)30-32-28(26-16-6-10-20-8-1-3-14-24(20)26)19-29(33-30)27-17-7-11-21-9-2-4-15-25(21)27/h1-12,14-16,18-19,23,27H,13,17H2. The lowest BCUT2D eigenvalue weighted by Crippen LogP contribution is -2.11. The van der Waals surface area contributed by atoms with E-state index in [1.165, 1.54) is 21.9 Å². The maximum atomic E-state index is 5.13. The van der Waals surface area contributed by atoms with Crippen molar-refractivity contribution in [3.8, 4) is 11.3 Å². The zero-order valence-corrected chi connectivity index (χ0v) is 19.7. The number of alkyl halides is 1. The van der Waals surface area contributed by atoms with Gasteiger partial charge in [0, 0.05) is 21.9 Å². The zero-order valence-electron chi connectivity index (χ0n) is 18.2. The van der Waals surface area contributed by atoms with Crippen molar-refractivity contribution < 1.29 is 0 Å². The molecule has 0 N–H and O–H groups in total. The third-order valence-corrected chi connectivity index (χ3v) is 7.12. The van der Waals surface area contributed by atoms with Gasteiger partial charge in [-0.05, 0) is 40.8 Å². The van der Waals surface area contributed by atoms with Crippen molar-refractivity contribution in [1.29, 1.82) is 0 Å². The molecule has 3 heteroatoms. The molecule has 0 spiro atoms. The summed E-state index contributed by atoms with van der Waals surface area (Å²) >= 11 is 3.75. The highest BCUT2D eigenvalue weighted by Crippen LogP contribution is 2.37. The molecule has 2 atom stereocenters. The summed E-state index contributed by atoms with van der Waals surface area (Å²) in [6, 6.07) is 25.8. The Kier molecular flexibility index (Phi) is 5.27. The Morgan fingerprint density at radius 3 is 2.55 bits per heavy atom. The van der Waals surface area contributed by atoms with Gasteiger partial charge >= 0.3 is 0 Å². The Balaban J connectivity index is 1.57. The summed E-state index contributed by atoms with van der Waals surface area (Å²) in [5.41, 5.74) is 6.88. The van der Waals surface area contributed by atoms with Crippen LogP contribution in [0, 0.1) is 0 Å². The molecule has 2 unspecified atom stereocenters. The van der Waals surface area contributed by atoms with E-state index < -0.39 is 0 Å². The second-order valence-corrected chi connectivity index (χ2v) is 9.80. The summed E-state index contributed by atoms with van der Waals surface area (Å²) in [4.78, 5) is 10.5. The fourth-order valence-corrected chi connectivity index (χ4v) is 5.37. The first kappa shape index (κ1) is 20.3. The maximum Gasteiger partial charge on any atom is 0.159 e. The molecule has 2 aliphatic carbocycles. The number of benzene rings is 3. The molecule has 6 rings (SSSR count). The second-order valence-electron chi connectivity index (χ2n) is 8.62. The number of rotatable bonds is 3. The molecule has 2 nitrogen and oxygen atoms in total. The Morgan fingerprint density at radius 2 is 1.61 bits per heavy atom.